The average Bonchev–Trinajstić information content (AvgIpc) is 2.79. The quantitative estimate of drug-likeness (QED) is 0.616. The van der Waals surface area contributed by atoms with Crippen LogP contribution >= 0.6 is 0 Å². The number of hydrogen-bond donors (Lipinski definition) is 0. The number of aryl methyl sites for hydroxylation is 1. The molecule has 0 unspecified atom stereocenters. The molecule has 3 aromatic rings. The van der Waals surface area contributed by atoms with Crippen molar-refractivity contribution in [1.29, 1.82) is 0 Å². The molecule has 0 aliphatic rings. The van der Waals surface area contributed by atoms with Crippen LogP contribution in [-0.2, 0) is 0 Å². The van der Waals surface area contributed by atoms with Crippen molar-refractivity contribution in [3.05, 3.63) is 54.4 Å². The molecule has 78 valence electrons. The van der Waals surface area contributed by atoms with Crippen LogP contribution < -0.4 is 0 Å². The molecule has 0 aliphatic carbocycles. The van der Waals surface area contributed by atoms with E-state index in [1.54, 1.807) is 6.20 Å². The molecule has 3 heteroatoms. The summed E-state index contributed by atoms with van der Waals surface area (Å²) in [6, 6.07) is 14.1. The highest BCUT2D eigenvalue weighted by Gasteiger charge is 2.04. The van der Waals surface area contributed by atoms with Crippen LogP contribution in [0.4, 0.5) is 0 Å². The molecular formula is C13H11N3. The maximum atomic E-state index is 4.57. The van der Waals surface area contributed by atoms with Crippen molar-refractivity contribution in [3.63, 3.8) is 0 Å². The molecule has 2 heterocycles. The molecule has 0 atom stereocenters. The second-order valence-corrected chi connectivity index (χ2v) is 3.75. The van der Waals surface area contributed by atoms with Gasteiger partial charge < -0.3 is 0 Å². The third kappa shape index (κ3) is 1.37. The number of hydrogen-bond acceptors (Lipinski definition) is 2. The van der Waals surface area contributed by atoms with Crippen LogP contribution in [0.25, 0.3) is 16.9 Å². The Labute approximate surface area is 93.4 Å². The Morgan fingerprint density at radius 3 is 2.69 bits per heavy atom. The summed E-state index contributed by atoms with van der Waals surface area (Å²) in [6.45, 7) is 2.04. The van der Waals surface area contributed by atoms with Crippen LogP contribution in [0, 0.1) is 6.92 Å². The summed E-state index contributed by atoms with van der Waals surface area (Å²) in [5.41, 5.74) is 4.10. The number of aromatic nitrogens is 3. The number of fused-ring (bicyclic) bond motifs is 1. The normalized spacial score (nSPS) is 10.8. The van der Waals surface area contributed by atoms with E-state index in [4.69, 9.17) is 0 Å². The lowest BCUT2D eigenvalue weighted by Crippen LogP contribution is -1.96. The van der Waals surface area contributed by atoms with Gasteiger partial charge in [-0.25, -0.2) is 9.50 Å². The summed E-state index contributed by atoms with van der Waals surface area (Å²) in [7, 11) is 0. The standard InChI is InChI=1S/C13H11N3/c1-10-9-12(11-5-3-2-4-6-11)15-13-7-8-14-16(10)13/h2-9H,1H3. The van der Waals surface area contributed by atoms with E-state index in [2.05, 4.69) is 28.3 Å². The Bertz CT molecular complexity index is 626. The summed E-state index contributed by atoms with van der Waals surface area (Å²) in [6.07, 6.45) is 1.77. The second kappa shape index (κ2) is 3.45. The van der Waals surface area contributed by atoms with E-state index in [0.717, 1.165) is 22.6 Å². The van der Waals surface area contributed by atoms with Crippen LogP contribution in [0.2, 0.25) is 0 Å². The minimum absolute atomic E-state index is 0.888. The minimum Gasteiger partial charge on any atom is -0.229 e. The first-order valence-electron chi connectivity index (χ1n) is 5.21. The van der Waals surface area contributed by atoms with E-state index in [-0.39, 0.29) is 0 Å². The molecule has 0 aliphatic heterocycles. The molecule has 0 radical (unpaired) electrons. The van der Waals surface area contributed by atoms with Gasteiger partial charge in [0.2, 0.25) is 0 Å². The van der Waals surface area contributed by atoms with E-state index in [9.17, 15) is 0 Å². The summed E-state index contributed by atoms with van der Waals surface area (Å²) in [5.74, 6) is 0. The van der Waals surface area contributed by atoms with Gasteiger partial charge in [-0.2, -0.15) is 5.10 Å². The van der Waals surface area contributed by atoms with Crippen molar-refractivity contribution < 1.29 is 0 Å². The average molecular weight is 209 g/mol. The van der Waals surface area contributed by atoms with Crippen molar-refractivity contribution in [1.82, 2.24) is 14.6 Å². The minimum atomic E-state index is 0.888. The van der Waals surface area contributed by atoms with Crippen LogP contribution in [0.5, 0.6) is 0 Å². The summed E-state index contributed by atoms with van der Waals surface area (Å²) < 4.78 is 1.84. The van der Waals surface area contributed by atoms with Gasteiger partial charge in [0.25, 0.3) is 0 Å². The smallest absolute Gasteiger partial charge is 0.155 e. The molecule has 0 spiro atoms. The fraction of sp³-hybridized carbons (Fsp3) is 0.0769. The van der Waals surface area contributed by atoms with Crippen molar-refractivity contribution in [3.8, 4) is 11.3 Å². The lowest BCUT2D eigenvalue weighted by molar-refractivity contribution is 0.896. The van der Waals surface area contributed by atoms with Gasteiger partial charge in [-0.05, 0) is 13.0 Å². The molecule has 3 nitrogen and oxygen atoms in total. The van der Waals surface area contributed by atoms with Gasteiger partial charge in [-0.15, -0.1) is 0 Å². The Balaban J connectivity index is 2.25. The summed E-state index contributed by atoms with van der Waals surface area (Å²) in [5, 5.41) is 4.21. The lowest BCUT2D eigenvalue weighted by atomic mass is 10.1. The predicted molar refractivity (Wildman–Crippen MR) is 63.2 cm³/mol. The molecule has 2 aromatic heterocycles. The molecule has 3 rings (SSSR count). The maximum absolute atomic E-state index is 4.57. The van der Waals surface area contributed by atoms with Gasteiger partial charge in [-0.1, -0.05) is 30.3 Å². The van der Waals surface area contributed by atoms with Gasteiger partial charge in [-0.3, -0.25) is 0 Å². The molecule has 0 saturated heterocycles. The monoisotopic (exact) mass is 209 g/mol. The van der Waals surface area contributed by atoms with Crippen molar-refractivity contribution in [2.24, 2.45) is 0 Å². The summed E-state index contributed by atoms with van der Waals surface area (Å²) in [4.78, 5) is 4.57. The van der Waals surface area contributed by atoms with Gasteiger partial charge in [0.15, 0.2) is 5.65 Å². The topological polar surface area (TPSA) is 30.2 Å². The SMILES string of the molecule is Cc1cc(-c2ccccc2)nc2ccnn12. The van der Waals surface area contributed by atoms with Gasteiger partial charge in [0, 0.05) is 17.3 Å². The predicted octanol–water partition coefficient (Wildman–Crippen LogP) is 2.70. The molecule has 0 fully saturated rings. The first-order chi connectivity index (χ1) is 7.84. The number of nitrogens with zero attached hydrogens (tertiary/aromatic N) is 3. The fourth-order valence-corrected chi connectivity index (χ4v) is 1.82. The van der Waals surface area contributed by atoms with E-state index >= 15 is 0 Å². The Hall–Kier alpha value is -2.16. The third-order valence-corrected chi connectivity index (χ3v) is 2.61. The Kier molecular flexibility index (Phi) is 1.96. The fourth-order valence-electron chi connectivity index (χ4n) is 1.82. The molecule has 0 amide bonds. The molecule has 1 aromatic carbocycles. The molecule has 0 N–H and O–H groups in total. The highest BCUT2D eigenvalue weighted by atomic mass is 15.2. The first kappa shape index (κ1) is 9.09. The van der Waals surface area contributed by atoms with Crippen molar-refractivity contribution >= 4 is 5.65 Å². The van der Waals surface area contributed by atoms with Crippen molar-refractivity contribution in [2.75, 3.05) is 0 Å². The van der Waals surface area contributed by atoms with Crippen LogP contribution in [-0.4, -0.2) is 14.6 Å². The number of benzene rings is 1. The van der Waals surface area contributed by atoms with E-state index in [1.165, 1.54) is 0 Å². The first-order valence-corrected chi connectivity index (χ1v) is 5.21. The largest absolute Gasteiger partial charge is 0.229 e. The van der Waals surface area contributed by atoms with Gasteiger partial charge in [0.1, 0.15) is 0 Å². The molecule has 0 saturated carbocycles. The Morgan fingerprint density at radius 1 is 1.06 bits per heavy atom. The number of rotatable bonds is 1. The summed E-state index contributed by atoms with van der Waals surface area (Å²) >= 11 is 0. The zero-order valence-corrected chi connectivity index (χ0v) is 8.96. The maximum Gasteiger partial charge on any atom is 0.155 e. The van der Waals surface area contributed by atoms with E-state index in [1.807, 2.05) is 35.7 Å². The highest BCUT2D eigenvalue weighted by molar-refractivity contribution is 5.62. The molecule has 16 heavy (non-hydrogen) atoms. The van der Waals surface area contributed by atoms with E-state index in [0.29, 0.717) is 0 Å². The van der Waals surface area contributed by atoms with Crippen LogP contribution in [0.3, 0.4) is 0 Å². The zero-order valence-electron chi connectivity index (χ0n) is 8.96. The highest BCUT2D eigenvalue weighted by Crippen LogP contribution is 2.18. The van der Waals surface area contributed by atoms with Gasteiger partial charge >= 0.3 is 0 Å². The second-order valence-electron chi connectivity index (χ2n) is 3.75. The van der Waals surface area contributed by atoms with Crippen molar-refractivity contribution in [2.45, 2.75) is 6.92 Å². The van der Waals surface area contributed by atoms with Gasteiger partial charge in [0.05, 0.1) is 11.9 Å². The van der Waals surface area contributed by atoms with Crippen LogP contribution in [0.1, 0.15) is 5.69 Å². The third-order valence-electron chi connectivity index (χ3n) is 2.61. The molecular weight excluding hydrogens is 198 g/mol. The molecule has 0 bridgehead atoms. The lowest BCUT2D eigenvalue weighted by Gasteiger charge is -2.04. The van der Waals surface area contributed by atoms with E-state index < -0.39 is 0 Å². The Morgan fingerprint density at radius 2 is 1.88 bits per heavy atom. The van der Waals surface area contributed by atoms with Crippen LogP contribution in [0.15, 0.2) is 48.7 Å². The zero-order chi connectivity index (χ0) is 11.0.